The van der Waals surface area contributed by atoms with Gasteiger partial charge in [-0.3, -0.25) is 0 Å². The fourth-order valence-electron chi connectivity index (χ4n) is 4.14. The van der Waals surface area contributed by atoms with E-state index in [4.69, 9.17) is 11.6 Å². The molecule has 6 nitrogen and oxygen atoms in total. The molecule has 2 aliphatic rings. The van der Waals surface area contributed by atoms with Crippen molar-refractivity contribution in [2.75, 3.05) is 18.1 Å². The van der Waals surface area contributed by atoms with Crippen LogP contribution in [0.3, 0.4) is 0 Å². The summed E-state index contributed by atoms with van der Waals surface area (Å²) in [7, 11) is -3.23. The van der Waals surface area contributed by atoms with Gasteiger partial charge in [0.1, 0.15) is 0 Å². The molecule has 1 fully saturated rings. The van der Waals surface area contributed by atoms with Gasteiger partial charge in [0.15, 0.2) is 0 Å². The third-order valence-electron chi connectivity index (χ3n) is 5.90. The molecule has 2 aromatic carbocycles. The molecule has 0 radical (unpaired) electrons. The Hall–Kier alpha value is -2.09. The van der Waals surface area contributed by atoms with Crippen LogP contribution in [0.25, 0.3) is 0 Å². The second-order valence-electron chi connectivity index (χ2n) is 7.81. The van der Waals surface area contributed by atoms with Gasteiger partial charge in [-0.2, -0.15) is 4.31 Å². The number of sulfonamides is 1. The number of carbonyl (C=O) groups is 1. The zero-order valence-corrected chi connectivity index (χ0v) is 17.8. The van der Waals surface area contributed by atoms with Gasteiger partial charge in [-0.1, -0.05) is 35.9 Å². The van der Waals surface area contributed by atoms with Crippen molar-refractivity contribution in [2.24, 2.45) is 0 Å². The van der Waals surface area contributed by atoms with Gasteiger partial charge in [0.25, 0.3) is 0 Å². The summed E-state index contributed by atoms with van der Waals surface area (Å²) >= 11 is 6.00. The zero-order chi connectivity index (χ0) is 20.6. The van der Waals surface area contributed by atoms with Gasteiger partial charge >= 0.3 is 6.03 Å². The number of anilines is 1. The molecule has 1 aliphatic heterocycles. The normalized spacial score (nSPS) is 18.4. The van der Waals surface area contributed by atoms with E-state index >= 15 is 0 Å². The third-order valence-corrected chi connectivity index (χ3v) is 7.41. The zero-order valence-electron chi connectivity index (χ0n) is 16.2. The molecule has 8 heteroatoms. The van der Waals surface area contributed by atoms with E-state index in [-0.39, 0.29) is 11.6 Å². The molecule has 0 bridgehead atoms. The highest BCUT2D eigenvalue weighted by atomic mass is 35.5. The first-order valence-electron chi connectivity index (χ1n) is 9.68. The maximum absolute atomic E-state index is 12.8. The van der Waals surface area contributed by atoms with Gasteiger partial charge in [0.05, 0.1) is 11.8 Å². The number of nitrogens with zero attached hydrogens (tertiary/aromatic N) is 1. The summed E-state index contributed by atoms with van der Waals surface area (Å²) in [5.41, 5.74) is 3.35. The van der Waals surface area contributed by atoms with Crippen molar-refractivity contribution in [2.45, 2.75) is 37.8 Å². The molecule has 0 spiro atoms. The Bertz CT molecular complexity index is 1030. The van der Waals surface area contributed by atoms with Crippen LogP contribution in [-0.2, 0) is 28.5 Å². The lowest BCUT2D eigenvalue weighted by molar-refractivity contribution is 0.185. The summed E-state index contributed by atoms with van der Waals surface area (Å²) in [4.78, 5) is 12.8. The highest BCUT2D eigenvalue weighted by Gasteiger charge is 2.40. The van der Waals surface area contributed by atoms with Crippen LogP contribution in [0.4, 0.5) is 10.5 Å². The minimum atomic E-state index is -3.23. The van der Waals surface area contributed by atoms with E-state index in [9.17, 15) is 13.2 Å². The number of fused-ring (bicyclic) bond motifs is 1. The lowest BCUT2D eigenvalue weighted by Gasteiger charge is -2.43. The van der Waals surface area contributed by atoms with Crippen LogP contribution in [0.2, 0.25) is 5.02 Å². The van der Waals surface area contributed by atoms with Crippen molar-refractivity contribution in [3.8, 4) is 0 Å². The van der Waals surface area contributed by atoms with Crippen LogP contribution in [-0.4, -0.2) is 31.6 Å². The Balaban J connectivity index is 1.50. The van der Waals surface area contributed by atoms with Crippen molar-refractivity contribution < 1.29 is 13.2 Å². The lowest BCUT2D eigenvalue weighted by Crippen LogP contribution is -2.52. The number of amides is 2. The van der Waals surface area contributed by atoms with Crippen LogP contribution in [0.1, 0.15) is 36.0 Å². The summed E-state index contributed by atoms with van der Waals surface area (Å²) in [5.74, 6) is 0. The van der Waals surface area contributed by atoms with E-state index in [1.165, 1.54) is 10.6 Å². The fraction of sp³-hybridized carbons (Fsp3) is 0.381. The average Bonchev–Trinajstić information content (AvgIpc) is 2.64. The number of urea groups is 1. The first kappa shape index (κ1) is 20.2. The van der Waals surface area contributed by atoms with E-state index < -0.39 is 10.0 Å². The Morgan fingerprint density at radius 3 is 2.48 bits per heavy atom. The molecule has 1 heterocycles. The molecule has 2 amide bonds. The Morgan fingerprint density at radius 2 is 1.86 bits per heavy atom. The molecular weight excluding hydrogens is 410 g/mol. The first-order valence-corrected chi connectivity index (χ1v) is 11.9. The summed E-state index contributed by atoms with van der Waals surface area (Å²) in [6.45, 7) is 0.751. The molecule has 0 saturated heterocycles. The Morgan fingerprint density at radius 1 is 1.14 bits per heavy atom. The number of halogens is 1. The maximum Gasteiger partial charge on any atom is 0.319 e. The SMILES string of the molecule is CS(=O)(=O)N1CCc2c(cccc2NC(=O)NC2(c3ccc(Cl)cc3)CCC2)C1. The topological polar surface area (TPSA) is 78.5 Å². The molecule has 4 rings (SSSR count). The molecule has 0 atom stereocenters. The van der Waals surface area contributed by atoms with E-state index in [1.807, 2.05) is 42.5 Å². The quantitative estimate of drug-likeness (QED) is 0.768. The second kappa shape index (κ2) is 7.63. The lowest BCUT2D eigenvalue weighted by atomic mass is 9.72. The fourth-order valence-corrected chi connectivity index (χ4v) is 5.06. The third kappa shape index (κ3) is 4.13. The minimum Gasteiger partial charge on any atom is -0.328 e. The first-order chi connectivity index (χ1) is 13.8. The molecular formula is C21H24ClN3O3S. The van der Waals surface area contributed by atoms with Crippen LogP contribution in [0.5, 0.6) is 0 Å². The van der Waals surface area contributed by atoms with Gasteiger partial charge in [-0.05, 0) is 60.6 Å². The predicted octanol–water partition coefficient (Wildman–Crippen LogP) is 3.86. The predicted molar refractivity (Wildman–Crippen MR) is 115 cm³/mol. The van der Waals surface area contributed by atoms with Crippen molar-refractivity contribution in [3.05, 3.63) is 64.2 Å². The summed E-state index contributed by atoms with van der Waals surface area (Å²) in [6.07, 6.45) is 4.63. The highest BCUT2D eigenvalue weighted by Crippen LogP contribution is 2.41. The number of benzene rings is 2. The van der Waals surface area contributed by atoms with Crippen LogP contribution in [0.15, 0.2) is 42.5 Å². The van der Waals surface area contributed by atoms with Crippen LogP contribution in [0, 0.1) is 0 Å². The largest absolute Gasteiger partial charge is 0.328 e. The Kier molecular flexibility index (Phi) is 5.31. The van der Waals surface area contributed by atoms with E-state index in [0.29, 0.717) is 24.5 Å². The van der Waals surface area contributed by atoms with Gasteiger partial charge in [-0.15, -0.1) is 0 Å². The summed E-state index contributed by atoms with van der Waals surface area (Å²) in [6, 6.07) is 13.0. The molecule has 0 aromatic heterocycles. The van der Waals surface area contributed by atoms with Gasteiger partial charge in [-0.25, -0.2) is 13.2 Å². The van der Waals surface area contributed by atoms with Crippen molar-refractivity contribution >= 4 is 33.3 Å². The van der Waals surface area contributed by atoms with E-state index in [0.717, 1.165) is 41.6 Å². The molecule has 0 unspecified atom stereocenters. The monoisotopic (exact) mass is 433 g/mol. The number of hydrogen-bond acceptors (Lipinski definition) is 3. The number of rotatable bonds is 4. The number of nitrogens with one attached hydrogen (secondary N) is 2. The van der Waals surface area contributed by atoms with Crippen molar-refractivity contribution in [1.82, 2.24) is 9.62 Å². The van der Waals surface area contributed by atoms with Gasteiger partial charge in [0, 0.05) is 23.8 Å². The molecule has 2 N–H and O–H groups in total. The number of carbonyl (C=O) groups excluding carboxylic acids is 1. The highest BCUT2D eigenvalue weighted by molar-refractivity contribution is 7.88. The van der Waals surface area contributed by atoms with Crippen molar-refractivity contribution in [3.63, 3.8) is 0 Å². The number of hydrogen-bond donors (Lipinski definition) is 2. The Labute approximate surface area is 176 Å². The summed E-state index contributed by atoms with van der Waals surface area (Å²) in [5, 5.41) is 6.81. The van der Waals surface area contributed by atoms with E-state index in [1.54, 1.807) is 0 Å². The second-order valence-corrected chi connectivity index (χ2v) is 10.2. The molecule has 2 aromatic rings. The molecule has 1 saturated carbocycles. The smallest absolute Gasteiger partial charge is 0.319 e. The van der Waals surface area contributed by atoms with Gasteiger partial charge < -0.3 is 10.6 Å². The molecule has 154 valence electrons. The van der Waals surface area contributed by atoms with Crippen LogP contribution < -0.4 is 10.6 Å². The minimum absolute atomic E-state index is 0.251. The average molecular weight is 434 g/mol. The molecule has 29 heavy (non-hydrogen) atoms. The maximum atomic E-state index is 12.8. The van der Waals surface area contributed by atoms with E-state index in [2.05, 4.69) is 10.6 Å². The van der Waals surface area contributed by atoms with Gasteiger partial charge in [0.2, 0.25) is 10.0 Å². The standard InChI is InChI=1S/C21H24ClN3O3S/c1-29(27,28)25-13-10-18-15(14-25)4-2-5-19(18)23-20(26)24-21(11-3-12-21)16-6-8-17(22)9-7-16/h2,4-9H,3,10-14H2,1H3,(H2,23,24,26). The van der Waals surface area contributed by atoms with Crippen LogP contribution >= 0.6 is 11.6 Å². The molecule has 1 aliphatic carbocycles. The van der Waals surface area contributed by atoms with Crippen molar-refractivity contribution in [1.29, 1.82) is 0 Å². The summed E-state index contributed by atoms with van der Waals surface area (Å²) < 4.78 is 25.2.